The lowest BCUT2D eigenvalue weighted by atomic mass is 9.83. The molecule has 1 saturated carbocycles. The number of guanidine groups is 1. The quantitative estimate of drug-likeness (QED) is 0.279. The number of hydrogen-bond acceptors (Lipinski definition) is 5. The van der Waals surface area contributed by atoms with Gasteiger partial charge in [0, 0.05) is 33.9 Å². The Balaban J connectivity index is 0.00000420. The van der Waals surface area contributed by atoms with Crippen LogP contribution in [0.5, 0.6) is 17.2 Å². The Kier molecular flexibility index (Phi) is 11.5. The molecule has 1 aromatic carbocycles. The lowest BCUT2D eigenvalue weighted by molar-refractivity contribution is 0.138. The summed E-state index contributed by atoms with van der Waals surface area (Å²) < 4.78 is 21.6. The second-order valence-corrected chi connectivity index (χ2v) is 7.26. The van der Waals surface area contributed by atoms with Crippen molar-refractivity contribution in [3.8, 4) is 17.2 Å². The molecule has 0 radical (unpaired) electrons. The van der Waals surface area contributed by atoms with E-state index >= 15 is 0 Å². The molecule has 8 heteroatoms. The number of benzene rings is 1. The average Bonchev–Trinajstić information content (AvgIpc) is 3.20. The third-order valence-electron chi connectivity index (χ3n) is 5.54. The van der Waals surface area contributed by atoms with Gasteiger partial charge in [-0.25, -0.2) is 0 Å². The average molecular weight is 521 g/mol. The minimum Gasteiger partial charge on any atom is -0.493 e. The fourth-order valence-electron chi connectivity index (χ4n) is 3.87. The van der Waals surface area contributed by atoms with Crippen molar-refractivity contribution < 1.29 is 18.9 Å². The van der Waals surface area contributed by atoms with Gasteiger partial charge in [-0.05, 0) is 42.4 Å². The van der Waals surface area contributed by atoms with Crippen LogP contribution in [0.1, 0.15) is 37.7 Å². The van der Waals surface area contributed by atoms with E-state index in [4.69, 9.17) is 18.9 Å². The van der Waals surface area contributed by atoms with Crippen LogP contribution in [0.4, 0.5) is 0 Å². The van der Waals surface area contributed by atoms with Crippen molar-refractivity contribution in [3.63, 3.8) is 0 Å². The predicted molar refractivity (Wildman–Crippen MR) is 127 cm³/mol. The molecule has 0 unspecified atom stereocenters. The molecule has 1 aliphatic rings. The zero-order chi connectivity index (χ0) is 20.4. The summed E-state index contributed by atoms with van der Waals surface area (Å²) in [6, 6.07) is 3.89. The zero-order valence-corrected chi connectivity index (χ0v) is 20.6. The van der Waals surface area contributed by atoms with E-state index < -0.39 is 0 Å². The van der Waals surface area contributed by atoms with Crippen LogP contribution in [0.3, 0.4) is 0 Å². The van der Waals surface area contributed by atoms with Crippen LogP contribution in [0.2, 0.25) is 0 Å². The highest BCUT2D eigenvalue weighted by atomic mass is 127. The van der Waals surface area contributed by atoms with E-state index in [1.165, 1.54) is 25.7 Å². The summed E-state index contributed by atoms with van der Waals surface area (Å²) in [6.45, 7) is 2.31. The Morgan fingerprint density at radius 2 is 1.62 bits per heavy atom. The van der Waals surface area contributed by atoms with Crippen molar-refractivity contribution in [1.29, 1.82) is 0 Å². The monoisotopic (exact) mass is 521 g/mol. The van der Waals surface area contributed by atoms with Crippen LogP contribution < -0.4 is 24.8 Å². The van der Waals surface area contributed by atoms with E-state index in [1.807, 2.05) is 12.1 Å². The van der Waals surface area contributed by atoms with E-state index in [9.17, 15) is 0 Å². The fraction of sp³-hybridized carbons (Fsp3) is 0.667. The van der Waals surface area contributed by atoms with Gasteiger partial charge in [0.2, 0.25) is 5.75 Å². The first-order valence-electron chi connectivity index (χ1n) is 9.83. The van der Waals surface area contributed by atoms with Crippen molar-refractivity contribution in [1.82, 2.24) is 10.6 Å². The van der Waals surface area contributed by atoms with Gasteiger partial charge in [-0.15, -0.1) is 24.0 Å². The molecule has 0 atom stereocenters. The summed E-state index contributed by atoms with van der Waals surface area (Å²) in [7, 11) is 8.41. The minimum atomic E-state index is 0. The van der Waals surface area contributed by atoms with Crippen LogP contribution in [0.15, 0.2) is 17.1 Å². The summed E-state index contributed by atoms with van der Waals surface area (Å²) in [6.07, 6.45) is 6.16. The van der Waals surface area contributed by atoms with E-state index in [-0.39, 0.29) is 24.0 Å². The van der Waals surface area contributed by atoms with Gasteiger partial charge in [-0.3, -0.25) is 4.99 Å². The molecule has 1 aliphatic carbocycles. The van der Waals surface area contributed by atoms with Crippen LogP contribution in [-0.4, -0.2) is 54.6 Å². The van der Waals surface area contributed by atoms with Crippen molar-refractivity contribution >= 4 is 29.9 Å². The molecular formula is C21H36IN3O4. The van der Waals surface area contributed by atoms with Crippen molar-refractivity contribution in [2.45, 2.75) is 38.6 Å². The number of aliphatic imine (C=N–C) groups is 1. The second-order valence-electron chi connectivity index (χ2n) is 7.26. The van der Waals surface area contributed by atoms with Gasteiger partial charge in [0.05, 0.1) is 21.3 Å². The molecule has 1 aromatic rings. The van der Waals surface area contributed by atoms with Crippen LogP contribution in [-0.2, 0) is 11.3 Å². The van der Waals surface area contributed by atoms with Crippen molar-refractivity contribution in [2.75, 3.05) is 48.6 Å². The normalized spacial score (nSPS) is 15.4. The van der Waals surface area contributed by atoms with Gasteiger partial charge < -0.3 is 29.6 Å². The molecule has 0 heterocycles. The Labute approximate surface area is 191 Å². The molecule has 2 rings (SSSR count). The summed E-state index contributed by atoms with van der Waals surface area (Å²) in [4.78, 5) is 4.37. The fourth-order valence-corrected chi connectivity index (χ4v) is 3.87. The number of methoxy groups -OCH3 is 4. The number of nitrogens with zero attached hydrogens (tertiary/aromatic N) is 1. The summed E-state index contributed by atoms with van der Waals surface area (Å²) in [5.74, 6) is 2.67. The third kappa shape index (κ3) is 7.09. The van der Waals surface area contributed by atoms with Gasteiger partial charge in [-0.2, -0.15) is 0 Å². The smallest absolute Gasteiger partial charge is 0.203 e. The van der Waals surface area contributed by atoms with Gasteiger partial charge in [0.25, 0.3) is 0 Å². The molecule has 29 heavy (non-hydrogen) atoms. The minimum absolute atomic E-state index is 0. The van der Waals surface area contributed by atoms with Crippen molar-refractivity contribution in [2.24, 2.45) is 10.4 Å². The largest absolute Gasteiger partial charge is 0.493 e. The first-order chi connectivity index (χ1) is 13.6. The first kappa shape index (κ1) is 25.6. The molecule has 166 valence electrons. The maximum absolute atomic E-state index is 5.43. The molecular weight excluding hydrogens is 485 g/mol. The summed E-state index contributed by atoms with van der Waals surface area (Å²) in [5, 5.41) is 6.89. The SMILES string of the molecule is CN=C(NCc1cc(OC)c(OC)c(OC)c1)NCC1(CCOC)CCCC1.I. The van der Waals surface area contributed by atoms with E-state index in [2.05, 4.69) is 15.6 Å². The van der Waals surface area contributed by atoms with Crippen molar-refractivity contribution in [3.05, 3.63) is 17.7 Å². The molecule has 0 bridgehead atoms. The number of ether oxygens (including phenoxy) is 4. The number of hydrogen-bond donors (Lipinski definition) is 2. The maximum atomic E-state index is 5.43. The summed E-state index contributed by atoms with van der Waals surface area (Å²) >= 11 is 0. The lowest BCUT2D eigenvalue weighted by Gasteiger charge is -2.30. The standard InChI is InChI=1S/C21H35N3O4.HI/c1-22-20(24-15-21(10-11-25-2)8-6-7-9-21)23-14-16-12-17(26-3)19(28-5)18(13-16)27-4;/h12-13H,6-11,14-15H2,1-5H3,(H2,22,23,24);1H. The summed E-state index contributed by atoms with van der Waals surface area (Å²) in [5.41, 5.74) is 1.33. The third-order valence-corrected chi connectivity index (χ3v) is 5.54. The van der Waals surface area contributed by atoms with E-state index in [1.54, 1.807) is 35.5 Å². The molecule has 1 fully saturated rings. The Morgan fingerprint density at radius 1 is 1.00 bits per heavy atom. The van der Waals surface area contributed by atoms with Crippen LogP contribution in [0, 0.1) is 5.41 Å². The number of rotatable bonds is 10. The number of nitrogens with one attached hydrogen (secondary N) is 2. The van der Waals surface area contributed by atoms with E-state index in [0.29, 0.717) is 29.2 Å². The van der Waals surface area contributed by atoms with Gasteiger partial charge >= 0.3 is 0 Å². The highest BCUT2D eigenvalue weighted by Crippen LogP contribution is 2.40. The Hall–Kier alpha value is -1.42. The van der Waals surface area contributed by atoms with E-state index in [0.717, 1.165) is 31.1 Å². The number of halogens is 1. The molecule has 0 amide bonds. The molecule has 0 saturated heterocycles. The molecule has 0 spiro atoms. The highest BCUT2D eigenvalue weighted by molar-refractivity contribution is 14.0. The Bertz CT molecular complexity index is 624. The molecule has 0 aromatic heterocycles. The predicted octanol–water partition coefficient (Wildman–Crippen LogP) is 3.59. The second kappa shape index (κ2) is 13.0. The Morgan fingerprint density at radius 3 is 2.10 bits per heavy atom. The van der Waals surface area contributed by atoms with Gasteiger partial charge in [0.15, 0.2) is 17.5 Å². The van der Waals surface area contributed by atoms with Crippen LogP contribution >= 0.6 is 24.0 Å². The molecule has 0 aliphatic heterocycles. The molecule has 7 nitrogen and oxygen atoms in total. The first-order valence-corrected chi connectivity index (χ1v) is 9.83. The topological polar surface area (TPSA) is 73.3 Å². The van der Waals surface area contributed by atoms with Crippen LogP contribution in [0.25, 0.3) is 0 Å². The maximum Gasteiger partial charge on any atom is 0.203 e. The lowest BCUT2D eigenvalue weighted by Crippen LogP contribution is -2.43. The molecule has 2 N–H and O–H groups in total. The van der Waals surface area contributed by atoms with Gasteiger partial charge in [-0.1, -0.05) is 12.8 Å². The zero-order valence-electron chi connectivity index (χ0n) is 18.3. The highest BCUT2D eigenvalue weighted by Gasteiger charge is 2.33. The van der Waals surface area contributed by atoms with Gasteiger partial charge in [0.1, 0.15) is 0 Å².